The normalized spacial score (nSPS) is 10.1. The molecule has 0 unspecified atom stereocenters. The van der Waals surface area contributed by atoms with E-state index in [-0.39, 0.29) is 18.4 Å². The van der Waals surface area contributed by atoms with Gasteiger partial charge in [-0.2, -0.15) is 0 Å². The van der Waals surface area contributed by atoms with Gasteiger partial charge < -0.3 is 16.0 Å². The summed E-state index contributed by atoms with van der Waals surface area (Å²) < 4.78 is 0. The van der Waals surface area contributed by atoms with E-state index in [9.17, 15) is 9.59 Å². The van der Waals surface area contributed by atoms with Gasteiger partial charge >= 0.3 is 0 Å². The van der Waals surface area contributed by atoms with E-state index in [1.807, 2.05) is 26.0 Å². The highest BCUT2D eigenvalue weighted by atomic mass is 16.2. The van der Waals surface area contributed by atoms with Gasteiger partial charge in [-0.1, -0.05) is 13.0 Å². The highest BCUT2D eigenvalue weighted by Crippen LogP contribution is 2.20. The lowest BCUT2D eigenvalue weighted by molar-refractivity contribution is -0.115. The zero-order chi connectivity index (χ0) is 14.3. The first-order chi connectivity index (χ1) is 9.02. The molecule has 2 amide bonds. The van der Waals surface area contributed by atoms with E-state index in [1.165, 1.54) is 6.92 Å². The number of benzene rings is 1. The first kappa shape index (κ1) is 15.2. The molecule has 1 rings (SSSR count). The molecule has 0 radical (unpaired) electrons. The van der Waals surface area contributed by atoms with Crippen LogP contribution in [0.15, 0.2) is 18.2 Å². The molecule has 0 atom stereocenters. The molecule has 104 valence electrons. The van der Waals surface area contributed by atoms with E-state index in [1.54, 1.807) is 6.07 Å². The van der Waals surface area contributed by atoms with Crippen molar-refractivity contribution in [3.05, 3.63) is 23.8 Å². The molecule has 19 heavy (non-hydrogen) atoms. The summed E-state index contributed by atoms with van der Waals surface area (Å²) in [6.45, 7) is 6.51. The molecule has 3 N–H and O–H groups in total. The minimum atomic E-state index is -0.129. The van der Waals surface area contributed by atoms with Crippen molar-refractivity contribution in [2.24, 2.45) is 0 Å². The standard InChI is InChI=1S/C14H21N3O2/c1-4-7-15-9-14(19)17-12-6-5-10(2)13(8-12)16-11(3)18/h5-6,8,15H,4,7,9H2,1-3H3,(H,16,18)(H,17,19). The number of hydrogen-bond donors (Lipinski definition) is 3. The Morgan fingerprint density at radius 2 is 1.95 bits per heavy atom. The second kappa shape index (κ2) is 7.53. The third kappa shape index (κ3) is 5.52. The maximum atomic E-state index is 11.6. The van der Waals surface area contributed by atoms with E-state index in [0.717, 1.165) is 18.5 Å². The number of anilines is 2. The Morgan fingerprint density at radius 1 is 1.21 bits per heavy atom. The monoisotopic (exact) mass is 263 g/mol. The Bertz CT molecular complexity index is 458. The Balaban J connectivity index is 2.63. The SMILES string of the molecule is CCCNCC(=O)Nc1ccc(C)c(NC(C)=O)c1. The largest absolute Gasteiger partial charge is 0.326 e. The van der Waals surface area contributed by atoms with Crippen molar-refractivity contribution in [3.63, 3.8) is 0 Å². The summed E-state index contributed by atoms with van der Waals surface area (Å²) in [5.41, 5.74) is 2.35. The van der Waals surface area contributed by atoms with E-state index >= 15 is 0 Å². The van der Waals surface area contributed by atoms with E-state index in [0.29, 0.717) is 11.4 Å². The van der Waals surface area contributed by atoms with Crippen LogP contribution in [0, 0.1) is 6.92 Å². The summed E-state index contributed by atoms with van der Waals surface area (Å²) in [6, 6.07) is 5.44. The van der Waals surface area contributed by atoms with Gasteiger partial charge in [-0.3, -0.25) is 9.59 Å². The van der Waals surface area contributed by atoms with Crippen LogP contribution in [0.3, 0.4) is 0 Å². The zero-order valence-corrected chi connectivity index (χ0v) is 11.7. The minimum absolute atomic E-state index is 0.0916. The van der Waals surface area contributed by atoms with Crippen molar-refractivity contribution in [1.82, 2.24) is 5.32 Å². The van der Waals surface area contributed by atoms with Crippen LogP contribution in [0.25, 0.3) is 0 Å². The number of amides is 2. The number of hydrogen-bond acceptors (Lipinski definition) is 3. The van der Waals surface area contributed by atoms with Crippen LogP contribution >= 0.6 is 0 Å². The molecule has 0 heterocycles. The van der Waals surface area contributed by atoms with Gasteiger partial charge in [0.25, 0.3) is 0 Å². The van der Waals surface area contributed by atoms with Crippen LogP contribution in [0.4, 0.5) is 11.4 Å². The second-order valence-corrected chi connectivity index (χ2v) is 4.44. The van der Waals surface area contributed by atoms with Crippen LogP contribution in [0.2, 0.25) is 0 Å². The lowest BCUT2D eigenvalue weighted by Crippen LogP contribution is -2.28. The third-order valence-corrected chi connectivity index (χ3v) is 2.54. The fourth-order valence-electron chi connectivity index (χ4n) is 1.61. The van der Waals surface area contributed by atoms with Crippen molar-refractivity contribution in [2.45, 2.75) is 27.2 Å². The first-order valence-corrected chi connectivity index (χ1v) is 6.41. The summed E-state index contributed by atoms with van der Waals surface area (Å²) in [7, 11) is 0. The number of carbonyl (C=O) groups excluding carboxylic acids is 2. The lowest BCUT2D eigenvalue weighted by Gasteiger charge is -2.10. The van der Waals surface area contributed by atoms with Gasteiger partial charge in [0, 0.05) is 18.3 Å². The number of rotatable bonds is 6. The predicted molar refractivity (Wildman–Crippen MR) is 77.3 cm³/mol. The second-order valence-electron chi connectivity index (χ2n) is 4.44. The average Bonchev–Trinajstić information content (AvgIpc) is 2.33. The quantitative estimate of drug-likeness (QED) is 0.686. The van der Waals surface area contributed by atoms with Gasteiger partial charge in [0.2, 0.25) is 11.8 Å². The van der Waals surface area contributed by atoms with Gasteiger partial charge in [0.15, 0.2) is 0 Å². The van der Waals surface area contributed by atoms with Crippen LogP contribution in [-0.2, 0) is 9.59 Å². The van der Waals surface area contributed by atoms with Crippen LogP contribution in [0.5, 0.6) is 0 Å². The molecule has 5 nitrogen and oxygen atoms in total. The molecular formula is C14H21N3O2. The van der Waals surface area contributed by atoms with E-state index in [4.69, 9.17) is 0 Å². The average molecular weight is 263 g/mol. The summed E-state index contributed by atoms with van der Waals surface area (Å²) in [5.74, 6) is -0.220. The molecule has 0 fully saturated rings. The molecule has 0 saturated carbocycles. The maximum absolute atomic E-state index is 11.6. The molecule has 0 aliphatic heterocycles. The molecule has 0 aromatic heterocycles. The molecule has 0 saturated heterocycles. The molecular weight excluding hydrogens is 242 g/mol. The highest BCUT2D eigenvalue weighted by Gasteiger charge is 2.05. The van der Waals surface area contributed by atoms with Gasteiger partial charge in [-0.15, -0.1) is 0 Å². The van der Waals surface area contributed by atoms with Gasteiger partial charge in [0.05, 0.1) is 6.54 Å². The molecule has 0 spiro atoms. The Kier molecular flexibility index (Phi) is 6.02. The number of aryl methyl sites for hydroxylation is 1. The number of carbonyl (C=O) groups is 2. The van der Waals surface area contributed by atoms with Crippen molar-refractivity contribution >= 4 is 23.2 Å². The summed E-state index contributed by atoms with van der Waals surface area (Å²) in [5, 5.41) is 8.55. The van der Waals surface area contributed by atoms with Crippen molar-refractivity contribution in [1.29, 1.82) is 0 Å². The fraction of sp³-hybridized carbons (Fsp3) is 0.429. The molecule has 0 aliphatic carbocycles. The van der Waals surface area contributed by atoms with Crippen molar-refractivity contribution < 1.29 is 9.59 Å². The van der Waals surface area contributed by atoms with Crippen molar-refractivity contribution in [3.8, 4) is 0 Å². The van der Waals surface area contributed by atoms with E-state index in [2.05, 4.69) is 16.0 Å². The van der Waals surface area contributed by atoms with Crippen LogP contribution < -0.4 is 16.0 Å². The highest BCUT2D eigenvalue weighted by molar-refractivity contribution is 5.94. The predicted octanol–water partition coefficient (Wildman–Crippen LogP) is 1.89. The van der Waals surface area contributed by atoms with Gasteiger partial charge in [-0.05, 0) is 37.6 Å². The topological polar surface area (TPSA) is 70.2 Å². The minimum Gasteiger partial charge on any atom is -0.326 e. The Morgan fingerprint density at radius 3 is 2.58 bits per heavy atom. The Hall–Kier alpha value is -1.88. The number of nitrogens with one attached hydrogen (secondary N) is 3. The van der Waals surface area contributed by atoms with Crippen LogP contribution in [-0.4, -0.2) is 24.9 Å². The molecule has 0 aliphatic rings. The smallest absolute Gasteiger partial charge is 0.238 e. The fourth-order valence-corrected chi connectivity index (χ4v) is 1.61. The molecule has 1 aromatic carbocycles. The maximum Gasteiger partial charge on any atom is 0.238 e. The molecule has 1 aromatic rings. The Labute approximate surface area is 113 Å². The lowest BCUT2D eigenvalue weighted by atomic mass is 10.1. The third-order valence-electron chi connectivity index (χ3n) is 2.54. The van der Waals surface area contributed by atoms with Gasteiger partial charge in [-0.25, -0.2) is 0 Å². The zero-order valence-electron chi connectivity index (χ0n) is 11.7. The first-order valence-electron chi connectivity index (χ1n) is 6.41. The summed E-state index contributed by atoms with van der Waals surface area (Å²) in [4.78, 5) is 22.7. The summed E-state index contributed by atoms with van der Waals surface area (Å²) >= 11 is 0. The molecule has 0 bridgehead atoms. The van der Waals surface area contributed by atoms with Gasteiger partial charge in [0.1, 0.15) is 0 Å². The molecule has 5 heteroatoms. The van der Waals surface area contributed by atoms with E-state index < -0.39 is 0 Å². The summed E-state index contributed by atoms with van der Waals surface area (Å²) in [6.07, 6.45) is 0.991. The van der Waals surface area contributed by atoms with Crippen LogP contribution in [0.1, 0.15) is 25.8 Å². The van der Waals surface area contributed by atoms with Crippen molar-refractivity contribution in [2.75, 3.05) is 23.7 Å².